The molecule has 1 aliphatic carbocycles. The van der Waals surface area contributed by atoms with E-state index in [2.05, 4.69) is 10.4 Å². The van der Waals surface area contributed by atoms with Crippen LogP contribution in [0.3, 0.4) is 0 Å². The third kappa shape index (κ3) is 3.34. The standard InChI is InChI=1S/C18H25ClN4O3/c1-22-10-15(19)16(21-22)18(25)23-5-2-11-8-13(14(11)9-23)17(24)20-12-3-6-26-7-4-12/h10-14H,2-9H2,1H3,(H,20,24)/t11-,13-,14-/m1/s1. The number of carbonyl (C=O) groups excluding carboxylic acids is 2. The maximum Gasteiger partial charge on any atom is 0.275 e. The number of rotatable bonds is 3. The average Bonchev–Trinajstić information content (AvgIpc) is 2.94. The van der Waals surface area contributed by atoms with Gasteiger partial charge in [0.1, 0.15) is 0 Å². The van der Waals surface area contributed by atoms with E-state index < -0.39 is 0 Å². The van der Waals surface area contributed by atoms with Gasteiger partial charge >= 0.3 is 0 Å². The average molecular weight is 381 g/mol. The van der Waals surface area contributed by atoms with E-state index in [1.165, 1.54) is 0 Å². The quantitative estimate of drug-likeness (QED) is 0.861. The second-order valence-corrected chi connectivity index (χ2v) is 8.11. The highest BCUT2D eigenvalue weighted by molar-refractivity contribution is 6.33. The fourth-order valence-corrected chi connectivity index (χ4v) is 4.73. The number of nitrogens with one attached hydrogen (secondary N) is 1. The van der Waals surface area contributed by atoms with Crippen molar-refractivity contribution in [2.45, 2.75) is 31.7 Å². The maximum atomic E-state index is 12.8. The van der Waals surface area contributed by atoms with Crippen molar-refractivity contribution in [3.8, 4) is 0 Å². The summed E-state index contributed by atoms with van der Waals surface area (Å²) in [5.41, 5.74) is 0.301. The minimum absolute atomic E-state index is 0.0117. The lowest BCUT2D eigenvalue weighted by Gasteiger charge is -2.50. The van der Waals surface area contributed by atoms with Crippen LogP contribution >= 0.6 is 11.6 Å². The molecule has 26 heavy (non-hydrogen) atoms. The topological polar surface area (TPSA) is 76.5 Å². The molecule has 0 spiro atoms. The van der Waals surface area contributed by atoms with Crippen molar-refractivity contribution in [3.63, 3.8) is 0 Å². The van der Waals surface area contributed by atoms with Crippen molar-refractivity contribution < 1.29 is 14.3 Å². The predicted molar refractivity (Wildman–Crippen MR) is 95.8 cm³/mol. The van der Waals surface area contributed by atoms with E-state index in [0.29, 0.717) is 29.7 Å². The number of aryl methyl sites for hydroxylation is 1. The van der Waals surface area contributed by atoms with Gasteiger partial charge in [0.15, 0.2) is 5.69 Å². The summed E-state index contributed by atoms with van der Waals surface area (Å²) in [6.45, 7) is 2.76. The zero-order chi connectivity index (χ0) is 18.3. The van der Waals surface area contributed by atoms with Gasteiger partial charge in [0.2, 0.25) is 5.91 Å². The number of amides is 2. The first kappa shape index (κ1) is 17.8. The summed E-state index contributed by atoms with van der Waals surface area (Å²) in [6.07, 6.45) is 5.29. The molecule has 3 aliphatic rings. The molecule has 1 aromatic heterocycles. The van der Waals surface area contributed by atoms with E-state index in [0.717, 1.165) is 38.9 Å². The molecule has 4 rings (SSSR count). The number of hydrogen-bond donors (Lipinski definition) is 1. The zero-order valence-electron chi connectivity index (χ0n) is 15.0. The molecule has 7 nitrogen and oxygen atoms in total. The third-order valence-corrected chi connectivity index (χ3v) is 6.33. The van der Waals surface area contributed by atoms with Gasteiger partial charge < -0.3 is 15.0 Å². The van der Waals surface area contributed by atoms with Crippen LogP contribution in [0.1, 0.15) is 36.2 Å². The van der Waals surface area contributed by atoms with Crippen LogP contribution in [0.25, 0.3) is 0 Å². The molecule has 2 amide bonds. The Morgan fingerprint density at radius 3 is 2.77 bits per heavy atom. The maximum absolute atomic E-state index is 12.8. The molecule has 142 valence electrons. The van der Waals surface area contributed by atoms with Gasteiger partial charge in [0, 0.05) is 51.5 Å². The van der Waals surface area contributed by atoms with E-state index in [1.54, 1.807) is 17.9 Å². The van der Waals surface area contributed by atoms with Crippen LogP contribution in [0.15, 0.2) is 6.20 Å². The monoisotopic (exact) mass is 380 g/mol. The van der Waals surface area contributed by atoms with Crippen LogP contribution in [0, 0.1) is 17.8 Å². The van der Waals surface area contributed by atoms with E-state index in [4.69, 9.17) is 16.3 Å². The number of nitrogens with zero attached hydrogens (tertiary/aromatic N) is 3. The number of carbonyl (C=O) groups is 2. The Hall–Kier alpha value is -1.60. The SMILES string of the molecule is Cn1cc(Cl)c(C(=O)N2CC[C@@H]3C[C@@H](C(=O)NC4CCOCC4)[C@@H]3C2)n1. The van der Waals surface area contributed by atoms with Crippen LogP contribution < -0.4 is 5.32 Å². The van der Waals surface area contributed by atoms with E-state index in [1.807, 2.05) is 4.90 Å². The fourth-order valence-electron chi connectivity index (χ4n) is 4.47. The minimum Gasteiger partial charge on any atom is -0.381 e. The van der Waals surface area contributed by atoms with Gasteiger partial charge in [-0.25, -0.2) is 0 Å². The number of aromatic nitrogens is 2. The number of hydrogen-bond acceptors (Lipinski definition) is 4. The Bertz CT molecular complexity index is 701. The highest BCUT2D eigenvalue weighted by Gasteiger charge is 2.48. The number of piperidine rings is 1. The molecule has 1 aromatic rings. The summed E-state index contributed by atoms with van der Waals surface area (Å²) >= 11 is 6.12. The summed E-state index contributed by atoms with van der Waals surface area (Å²) in [5, 5.41) is 7.74. The number of likely N-dealkylation sites (tertiary alicyclic amines) is 1. The summed E-state index contributed by atoms with van der Waals surface area (Å²) in [7, 11) is 1.75. The minimum atomic E-state index is -0.135. The fraction of sp³-hybridized carbons (Fsp3) is 0.722. The molecule has 0 radical (unpaired) electrons. The number of ether oxygens (including phenoxy) is 1. The molecule has 2 aliphatic heterocycles. The van der Waals surface area contributed by atoms with Gasteiger partial charge in [-0.2, -0.15) is 5.10 Å². The lowest BCUT2D eigenvalue weighted by atomic mass is 9.61. The highest BCUT2D eigenvalue weighted by Crippen LogP contribution is 2.46. The van der Waals surface area contributed by atoms with Crippen molar-refractivity contribution in [2.24, 2.45) is 24.8 Å². The molecule has 2 saturated heterocycles. The van der Waals surface area contributed by atoms with Crippen LogP contribution in [0.2, 0.25) is 5.02 Å². The van der Waals surface area contributed by atoms with E-state index in [9.17, 15) is 9.59 Å². The second-order valence-electron chi connectivity index (χ2n) is 7.70. The molecule has 3 heterocycles. The Morgan fingerprint density at radius 1 is 1.31 bits per heavy atom. The van der Waals surface area contributed by atoms with Crippen molar-refractivity contribution in [1.82, 2.24) is 20.0 Å². The Morgan fingerprint density at radius 2 is 2.08 bits per heavy atom. The molecular formula is C18H25ClN4O3. The lowest BCUT2D eigenvalue weighted by Crippen LogP contribution is -2.57. The molecule has 3 atom stereocenters. The van der Waals surface area contributed by atoms with Crippen molar-refractivity contribution >= 4 is 23.4 Å². The van der Waals surface area contributed by atoms with Gasteiger partial charge in [-0.15, -0.1) is 0 Å². The van der Waals surface area contributed by atoms with Gasteiger partial charge in [0.05, 0.1) is 5.02 Å². The lowest BCUT2D eigenvalue weighted by molar-refractivity contribution is -0.137. The second kappa shape index (κ2) is 7.19. The molecule has 0 unspecified atom stereocenters. The summed E-state index contributed by atoms with van der Waals surface area (Å²) < 4.78 is 6.90. The largest absolute Gasteiger partial charge is 0.381 e. The molecule has 1 N–H and O–H groups in total. The van der Waals surface area contributed by atoms with Crippen molar-refractivity contribution in [2.75, 3.05) is 26.3 Å². The van der Waals surface area contributed by atoms with Gasteiger partial charge in [-0.05, 0) is 37.5 Å². The summed E-state index contributed by atoms with van der Waals surface area (Å²) in [4.78, 5) is 27.2. The Kier molecular flexibility index (Phi) is 4.92. The zero-order valence-corrected chi connectivity index (χ0v) is 15.7. The molecule has 0 bridgehead atoms. The summed E-state index contributed by atoms with van der Waals surface area (Å²) in [5.74, 6) is 0.809. The molecule has 1 saturated carbocycles. The van der Waals surface area contributed by atoms with E-state index in [-0.39, 0.29) is 29.7 Å². The summed E-state index contributed by atoms with van der Waals surface area (Å²) in [6, 6.07) is 0.226. The Balaban J connectivity index is 1.37. The highest BCUT2D eigenvalue weighted by atomic mass is 35.5. The first-order valence-electron chi connectivity index (χ1n) is 9.39. The number of fused-ring (bicyclic) bond motifs is 1. The first-order chi connectivity index (χ1) is 12.5. The molecule has 3 fully saturated rings. The smallest absolute Gasteiger partial charge is 0.275 e. The first-order valence-corrected chi connectivity index (χ1v) is 9.77. The van der Waals surface area contributed by atoms with Gasteiger partial charge in [-0.3, -0.25) is 14.3 Å². The normalized spacial score (nSPS) is 29.0. The molecule has 0 aromatic carbocycles. The van der Waals surface area contributed by atoms with Gasteiger partial charge in [-0.1, -0.05) is 11.6 Å². The van der Waals surface area contributed by atoms with Crippen molar-refractivity contribution in [3.05, 3.63) is 16.9 Å². The molecular weight excluding hydrogens is 356 g/mol. The predicted octanol–water partition coefficient (Wildman–Crippen LogP) is 1.47. The Labute approximate surface area is 158 Å². The van der Waals surface area contributed by atoms with Crippen LogP contribution in [0.5, 0.6) is 0 Å². The van der Waals surface area contributed by atoms with Crippen LogP contribution in [-0.4, -0.2) is 58.8 Å². The van der Waals surface area contributed by atoms with E-state index >= 15 is 0 Å². The molecule has 8 heteroatoms. The van der Waals surface area contributed by atoms with Gasteiger partial charge in [0.25, 0.3) is 5.91 Å². The van der Waals surface area contributed by atoms with Crippen LogP contribution in [-0.2, 0) is 16.6 Å². The third-order valence-electron chi connectivity index (χ3n) is 6.06. The van der Waals surface area contributed by atoms with Crippen molar-refractivity contribution in [1.29, 1.82) is 0 Å². The van der Waals surface area contributed by atoms with Crippen LogP contribution in [0.4, 0.5) is 0 Å². The number of halogens is 1.